The summed E-state index contributed by atoms with van der Waals surface area (Å²) in [4.78, 5) is 15.6. The molecule has 42 heavy (non-hydrogen) atoms. The Morgan fingerprint density at radius 3 is 1.31 bits per heavy atom. The Balaban J connectivity index is 1.87. The number of benzene rings is 1. The first-order valence-corrected chi connectivity index (χ1v) is 40.0. The Labute approximate surface area is 280 Å². The first-order chi connectivity index (χ1) is 19.9. The fraction of sp³-hybridized carbons (Fsp3) is 0.611. The van der Waals surface area contributed by atoms with E-state index in [-0.39, 0.29) is 0 Å². The molecular weight excluding hydrogens is 798 g/mol. The number of hydrogen-bond acceptors (Lipinski definition) is 4. The van der Waals surface area contributed by atoms with Crippen LogP contribution in [0.1, 0.15) is 90.2 Å². The summed E-state index contributed by atoms with van der Waals surface area (Å²) < 4.78 is 13.3. The maximum absolute atomic E-state index is 2.65. The third kappa shape index (κ3) is 6.84. The van der Waals surface area contributed by atoms with Crippen LogP contribution in [0, 0.1) is 11.8 Å². The molecule has 0 N–H and O–H groups in total. The second-order valence-electron chi connectivity index (χ2n) is 14.9. The van der Waals surface area contributed by atoms with Crippen molar-refractivity contribution in [3.05, 3.63) is 23.3 Å². The van der Waals surface area contributed by atoms with Crippen LogP contribution in [0.2, 0.25) is 29.6 Å². The molecular formula is C36H54S4Sn2. The number of rotatable bonds is 14. The maximum atomic E-state index is 2.65. The van der Waals surface area contributed by atoms with Crippen molar-refractivity contribution in [3.8, 4) is 0 Å². The van der Waals surface area contributed by atoms with Crippen molar-refractivity contribution in [3.63, 3.8) is 0 Å². The summed E-state index contributed by atoms with van der Waals surface area (Å²) >= 11 is 4.40. The van der Waals surface area contributed by atoms with Crippen LogP contribution in [0.3, 0.4) is 0 Å². The van der Waals surface area contributed by atoms with Gasteiger partial charge in [-0.25, -0.2) is 0 Å². The van der Waals surface area contributed by atoms with Gasteiger partial charge in [-0.1, -0.05) is 0 Å². The molecule has 0 nitrogen and oxygen atoms in total. The third-order valence-electron chi connectivity index (χ3n) is 9.43. The van der Waals surface area contributed by atoms with Gasteiger partial charge in [0.05, 0.1) is 0 Å². The molecule has 5 aromatic rings. The van der Waals surface area contributed by atoms with E-state index in [0.717, 1.165) is 11.8 Å². The molecule has 0 spiro atoms. The van der Waals surface area contributed by atoms with Crippen molar-refractivity contribution in [2.24, 2.45) is 11.8 Å². The van der Waals surface area contributed by atoms with Gasteiger partial charge in [-0.3, -0.25) is 0 Å². The summed E-state index contributed by atoms with van der Waals surface area (Å²) in [5, 5.41) is 3.39. The van der Waals surface area contributed by atoms with Crippen LogP contribution in [0.15, 0.2) is 12.1 Å². The van der Waals surface area contributed by atoms with Crippen molar-refractivity contribution in [2.75, 3.05) is 0 Å². The molecule has 6 heteroatoms. The van der Waals surface area contributed by atoms with Gasteiger partial charge in [-0.15, -0.1) is 0 Å². The first-order valence-electron chi connectivity index (χ1n) is 16.8. The zero-order valence-electron chi connectivity index (χ0n) is 28.0. The Morgan fingerprint density at radius 1 is 0.548 bits per heavy atom. The SMILES string of the molecule is CCCCC(CC)Cc1c2sc3c[c]([Sn]([CH3])([CH3])[CH3])sc3c2c(CC(CC)CCCC)c2c1sc1c[c]([Sn]([CH3])([CH3])[CH3])sc12. The van der Waals surface area contributed by atoms with E-state index in [2.05, 4.69) is 115 Å². The molecule has 0 saturated heterocycles. The van der Waals surface area contributed by atoms with Gasteiger partial charge < -0.3 is 0 Å². The zero-order valence-corrected chi connectivity index (χ0v) is 37.0. The average molecular weight is 853 g/mol. The fourth-order valence-corrected chi connectivity index (χ4v) is 23.1. The van der Waals surface area contributed by atoms with Gasteiger partial charge in [0.2, 0.25) is 0 Å². The molecule has 0 bridgehead atoms. The molecule has 0 fully saturated rings. The Morgan fingerprint density at radius 2 is 0.952 bits per heavy atom. The molecule has 0 amide bonds. The summed E-state index contributed by atoms with van der Waals surface area (Å²) in [6, 6.07) is 5.30. The standard InChI is InChI=1S/C30H36S4.6CH3.2Sn/c1-5-9-11-19(7-3)17-21-25-27(33-23-13-15-31-29(23)25)22(18-20(8-4)12-10-6-2)28-26(21)30-24(34-28)14-16-32-30;;;;;;;;/h13-14,19-20H,5-12,17-18H2,1-4H3;6*1H3;;. The molecule has 5 rings (SSSR count). The Bertz CT molecular complexity index is 1560. The predicted octanol–water partition coefficient (Wildman–Crippen LogP) is 13.2. The monoisotopic (exact) mass is 854 g/mol. The fourth-order valence-electron chi connectivity index (χ4n) is 6.57. The van der Waals surface area contributed by atoms with Crippen molar-refractivity contribution >= 4 is 127 Å². The van der Waals surface area contributed by atoms with Gasteiger partial charge in [0, 0.05) is 0 Å². The van der Waals surface area contributed by atoms with Gasteiger partial charge in [0.1, 0.15) is 0 Å². The molecule has 4 heterocycles. The van der Waals surface area contributed by atoms with Gasteiger partial charge in [-0.2, -0.15) is 0 Å². The van der Waals surface area contributed by atoms with Crippen molar-refractivity contribution in [1.82, 2.24) is 0 Å². The number of unbranched alkanes of at least 4 members (excludes halogenated alkanes) is 2. The van der Waals surface area contributed by atoms with E-state index in [0.29, 0.717) is 0 Å². The van der Waals surface area contributed by atoms with Crippen LogP contribution in [0.4, 0.5) is 0 Å². The molecule has 1 aromatic carbocycles. The quantitative estimate of drug-likeness (QED) is 0.0977. The molecule has 4 aromatic heterocycles. The van der Waals surface area contributed by atoms with Crippen LogP contribution in [0.25, 0.3) is 39.0 Å². The van der Waals surface area contributed by atoms with Crippen LogP contribution < -0.4 is 5.79 Å². The van der Waals surface area contributed by atoms with E-state index >= 15 is 0 Å². The van der Waals surface area contributed by atoms with Gasteiger partial charge in [0.15, 0.2) is 0 Å². The molecule has 0 aliphatic rings. The number of thiophene rings is 4. The van der Waals surface area contributed by atoms with Crippen LogP contribution in [0.5, 0.6) is 0 Å². The van der Waals surface area contributed by atoms with Gasteiger partial charge in [-0.05, 0) is 0 Å². The molecule has 2 atom stereocenters. The molecule has 230 valence electrons. The summed E-state index contributed by atoms with van der Waals surface area (Å²) in [7, 11) is 0. The summed E-state index contributed by atoms with van der Waals surface area (Å²) in [5.41, 5.74) is 3.46. The second-order valence-corrected chi connectivity index (χ2v) is 50.0. The minimum atomic E-state index is -2.17. The summed E-state index contributed by atoms with van der Waals surface area (Å²) in [6.07, 6.45) is 13.2. The molecule has 2 unspecified atom stereocenters. The van der Waals surface area contributed by atoms with E-state index in [1.165, 1.54) is 64.2 Å². The van der Waals surface area contributed by atoms with Crippen molar-refractivity contribution < 1.29 is 0 Å². The molecule has 0 aliphatic carbocycles. The van der Waals surface area contributed by atoms with Gasteiger partial charge >= 0.3 is 283 Å². The van der Waals surface area contributed by atoms with Crippen LogP contribution in [-0.4, -0.2) is 36.8 Å². The van der Waals surface area contributed by atoms with Crippen molar-refractivity contribution in [2.45, 2.75) is 122 Å². The molecule has 0 radical (unpaired) electrons. The van der Waals surface area contributed by atoms with Gasteiger partial charge in [0.25, 0.3) is 0 Å². The van der Waals surface area contributed by atoms with E-state index in [9.17, 15) is 0 Å². The summed E-state index contributed by atoms with van der Waals surface area (Å²) in [6.45, 7) is 9.61. The predicted molar refractivity (Wildman–Crippen MR) is 208 cm³/mol. The zero-order chi connectivity index (χ0) is 30.4. The molecule has 0 aliphatic heterocycles. The minimum absolute atomic E-state index is 0.780. The summed E-state index contributed by atoms with van der Waals surface area (Å²) in [5.74, 6) is 1.57. The number of fused-ring (bicyclic) bond motifs is 6. The van der Waals surface area contributed by atoms with Crippen LogP contribution in [-0.2, 0) is 12.8 Å². The normalized spacial score (nSPS) is 14.7. The van der Waals surface area contributed by atoms with E-state index in [1.807, 2.05) is 0 Å². The van der Waals surface area contributed by atoms with E-state index in [1.54, 1.807) is 55.9 Å². The average Bonchev–Trinajstić information content (AvgIpc) is 3.68. The Hall–Kier alpha value is 0.657. The van der Waals surface area contributed by atoms with Crippen molar-refractivity contribution in [1.29, 1.82) is 0 Å². The van der Waals surface area contributed by atoms with E-state index in [4.69, 9.17) is 0 Å². The Kier molecular flexibility index (Phi) is 11.2. The van der Waals surface area contributed by atoms with Crippen LogP contribution >= 0.6 is 45.3 Å². The van der Waals surface area contributed by atoms with E-state index < -0.39 is 36.8 Å². The second kappa shape index (κ2) is 13.8. The first kappa shape index (κ1) is 34.0. The third-order valence-corrected chi connectivity index (χ3v) is 33.2. The topological polar surface area (TPSA) is 0 Å². The number of hydrogen-bond donors (Lipinski definition) is 0. The molecule has 0 saturated carbocycles.